The Balaban J connectivity index is 1.46. The van der Waals surface area contributed by atoms with Crippen LogP contribution in [0.3, 0.4) is 0 Å². The molecule has 2 bridgehead atoms. The summed E-state index contributed by atoms with van der Waals surface area (Å²) in [5.41, 5.74) is 0.343. The van der Waals surface area contributed by atoms with Crippen molar-refractivity contribution in [1.29, 1.82) is 0 Å². The maximum atomic E-state index is 14.3. The number of benzene rings is 1. The summed E-state index contributed by atoms with van der Waals surface area (Å²) < 4.78 is 0. The van der Waals surface area contributed by atoms with Crippen LogP contribution in [0.5, 0.6) is 0 Å². The van der Waals surface area contributed by atoms with Gasteiger partial charge in [0, 0.05) is 5.41 Å². The second-order valence-corrected chi connectivity index (χ2v) is 13.3. The molecule has 5 aliphatic carbocycles. The van der Waals surface area contributed by atoms with Gasteiger partial charge in [-0.05, 0) is 92.4 Å². The van der Waals surface area contributed by atoms with Crippen molar-refractivity contribution in [3.05, 3.63) is 41.5 Å². The monoisotopic (exact) mass is 519 g/mol. The molecule has 1 saturated heterocycles. The van der Waals surface area contributed by atoms with Crippen molar-refractivity contribution in [2.75, 3.05) is 4.90 Å². The quantitative estimate of drug-likeness (QED) is 0.407. The predicted octanol–water partition coefficient (Wildman–Crippen LogP) is 5.40. The highest BCUT2D eigenvalue weighted by Gasteiger charge is 2.73. The third kappa shape index (κ3) is 3.02. The number of carboxylic acids is 2. The molecule has 3 saturated carbocycles. The van der Waals surface area contributed by atoms with Crippen LogP contribution in [0.1, 0.15) is 76.6 Å². The first-order valence-electron chi connectivity index (χ1n) is 14.0. The normalized spacial score (nSPS) is 41.4. The van der Waals surface area contributed by atoms with Crippen LogP contribution in [0.4, 0.5) is 5.69 Å². The highest BCUT2D eigenvalue weighted by Crippen LogP contribution is 2.74. The van der Waals surface area contributed by atoms with Crippen molar-refractivity contribution >= 4 is 29.4 Å². The molecule has 6 aliphatic rings. The van der Waals surface area contributed by atoms with E-state index in [1.165, 1.54) is 22.6 Å². The Bertz CT molecular complexity index is 1280. The molecule has 7 heteroatoms. The molecule has 4 fully saturated rings. The number of allylic oxidation sites excluding steroid dienone is 2. The van der Waals surface area contributed by atoms with E-state index < -0.39 is 34.6 Å². The van der Waals surface area contributed by atoms with Crippen LogP contribution in [0, 0.1) is 51.8 Å². The van der Waals surface area contributed by atoms with Gasteiger partial charge < -0.3 is 10.2 Å². The van der Waals surface area contributed by atoms with Crippen LogP contribution in [-0.2, 0) is 14.4 Å². The van der Waals surface area contributed by atoms with Crippen molar-refractivity contribution in [2.24, 2.45) is 51.8 Å². The molecular formula is C31H37NO6. The molecule has 202 valence electrons. The van der Waals surface area contributed by atoms with Gasteiger partial charge in [0.2, 0.25) is 11.8 Å². The largest absolute Gasteiger partial charge is 0.481 e. The Morgan fingerprint density at radius 2 is 1.66 bits per heavy atom. The lowest BCUT2D eigenvalue weighted by Crippen LogP contribution is -2.65. The number of aromatic carboxylic acids is 1. The number of aliphatic carboxylic acids is 1. The van der Waals surface area contributed by atoms with Crippen LogP contribution in [0.2, 0.25) is 0 Å². The lowest BCUT2D eigenvalue weighted by atomic mass is 9.34. The molecule has 1 aliphatic heterocycles. The summed E-state index contributed by atoms with van der Waals surface area (Å²) in [6, 6.07) is 5.99. The van der Waals surface area contributed by atoms with E-state index in [9.17, 15) is 29.4 Å². The summed E-state index contributed by atoms with van der Waals surface area (Å²) in [6.45, 7) is 8.51. The van der Waals surface area contributed by atoms with Crippen molar-refractivity contribution in [3.8, 4) is 0 Å². The molecule has 1 aromatic rings. The molecule has 6 unspecified atom stereocenters. The molecule has 2 amide bonds. The minimum atomic E-state index is -1.05. The van der Waals surface area contributed by atoms with Crippen LogP contribution in [0.25, 0.3) is 0 Å². The highest BCUT2D eigenvalue weighted by molar-refractivity contribution is 6.23. The van der Waals surface area contributed by atoms with Crippen LogP contribution in [0.15, 0.2) is 35.9 Å². The first kappa shape index (κ1) is 25.3. The van der Waals surface area contributed by atoms with E-state index in [-0.39, 0.29) is 46.5 Å². The molecule has 1 aromatic carbocycles. The van der Waals surface area contributed by atoms with Gasteiger partial charge in [-0.15, -0.1) is 0 Å². The topological polar surface area (TPSA) is 112 Å². The summed E-state index contributed by atoms with van der Waals surface area (Å²) in [5, 5.41) is 19.6. The average molecular weight is 520 g/mol. The summed E-state index contributed by atoms with van der Waals surface area (Å²) >= 11 is 0. The van der Waals surface area contributed by atoms with Gasteiger partial charge >= 0.3 is 11.9 Å². The third-order valence-corrected chi connectivity index (χ3v) is 11.5. The zero-order valence-electron chi connectivity index (χ0n) is 22.6. The van der Waals surface area contributed by atoms with Crippen LogP contribution >= 0.6 is 0 Å². The number of fused-ring (bicyclic) bond motifs is 1. The van der Waals surface area contributed by atoms with E-state index in [0.29, 0.717) is 12.1 Å². The molecule has 2 N–H and O–H groups in total. The van der Waals surface area contributed by atoms with Gasteiger partial charge in [0.1, 0.15) is 0 Å². The zero-order chi connectivity index (χ0) is 27.4. The number of carboxylic acid groups (broad SMARTS) is 2. The number of imide groups is 1. The minimum absolute atomic E-state index is 0.0393. The van der Waals surface area contributed by atoms with Gasteiger partial charge in [-0.25, -0.2) is 4.79 Å². The maximum Gasteiger partial charge on any atom is 0.335 e. The molecule has 1 spiro atoms. The summed E-state index contributed by atoms with van der Waals surface area (Å²) in [7, 11) is 0. The lowest BCUT2D eigenvalue weighted by molar-refractivity contribution is -0.194. The second kappa shape index (κ2) is 8.03. The maximum absolute atomic E-state index is 14.3. The smallest absolute Gasteiger partial charge is 0.335 e. The van der Waals surface area contributed by atoms with Crippen LogP contribution in [-0.4, -0.2) is 34.0 Å². The van der Waals surface area contributed by atoms with Crippen LogP contribution < -0.4 is 4.90 Å². The fourth-order valence-corrected chi connectivity index (χ4v) is 9.97. The van der Waals surface area contributed by atoms with Crippen molar-refractivity contribution < 1.29 is 29.4 Å². The van der Waals surface area contributed by atoms with Crippen molar-refractivity contribution in [3.63, 3.8) is 0 Å². The number of anilines is 1. The molecule has 0 radical (unpaired) electrons. The van der Waals surface area contributed by atoms with E-state index >= 15 is 0 Å². The number of hydrogen-bond donors (Lipinski definition) is 2. The number of carbonyl (C=O) groups excluding carboxylic acids is 2. The van der Waals surface area contributed by atoms with E-state index in [0.717, 1.165) is 32.1 Å². The Morgan fingerprint density at radius 3 is 2.26 bits per heavy atom. The summed E-state index contributed by atoms with van der Waals surface area (Å²) in [6.07, 6.45) is 7.13. The summed E-state index contributed by atoms with van der Waals surface area (Å²) in [4.78, 5) is 53.5. The minimum Gasteiger partial charge on any atom is -0.481 e. The predicted molar refractivity (Wildman–Crippen MR) is 140 cm³/mol. The SMILES string of the molecule is CC(C)C1=CC23CCC4C(C)(C(=O)O)CCCC4(C)C2CC1[C@H]1C(=O)N(c2ccc(C(=O)O)cc2)C(=O)[C@H]13. The number of rotatable bonds is 4. The molecule has 7 rings (SSSR count). The molecule has 38 heavy (non-hydrogen) atoms. The highest BCUT2D eigenvalue weighted by atomic mass is 16.4. The lowest BCUT2D eigenvalue weighted by Gasteiger charge is -2.68. The van der Waals surface area contributed by atoms with E-state index in [2.05, 4.69) is 26.8 Å². The molecule has 7 nitrogen and oxygen atoms in total. The standard InChI is InChI=1S/C31H37NO6/c1-16(2)20-15-31-13-10-21-29(3,11-5-12-30(21,4)28(37)38)22(31)14-19(20)23-24(31)26(34)32(25(23)33)18-8-6-17(7-9-18)27(35)36/h6-9,15-16,19,21-24H,5,10-14H2,1-4H3,(H,35,36)(H,37,38)/t19?,21?,22?,23-,24+,29?,30?,31?/m1/s1. The van der Waals surface area contributed by atoms with Gasteiger partial charge in [-0.3, -0.25) is 19.3 Å². The Labute approximate surface area is 223 Å². The van der Waals surface area contributed by atoms with Crippen molar-refractivity contribution in [2.45, 2.75) is 66.2 Å². The van der Waals surface area contributed by atoms with E-state index in [1.54, 1.807) is 12.1 Å². The van der Waals surface area contributed by atoms with Gasteiger partial charge in [-0.1, -0.05) is 38.8 Å². The van der Waals surface area contributed by atoms with Gasteiger partial charge in [0.15, 0.2) is 0 Å². The summed E-state index contributed by atoms with van der Waals surface area (Å²) in [5.74, 6) is -2.62. The molecular weight excluding hydrogens is 482 g/mol. The molecule has 1 heterocycles. The average Bonchev–Trinajstić information content (AvgIpc) is 3.15. The molecule has 8 atom stereocenters. The first-order chi connectivity index (χ1) is 17.9. The first-order valence-corrected chi connectivity index (χ1v) is 14.0. The second-order valence-electron chi connectivity index (χ2n) is 13.3. The van der Waals surface area contributed by atoms with E-state index in [4.69, 9.17) is 0 Å². The Kier molecular flexibility index (Phi) is 5.35. The zero-order valence-corrected chi connectivity index (χ0v) is 22.6. The number of carbonyl (C=O) groups is 4. The van der Waals surface area contributed by atoms with E-state index in [1.807, 2.05) is 6.92 Å². The number of hydrogen-bond acceptors (Lipinski definition) is 4. The fourth-order valence-electron chi connectivity index (χ4n) is 9.97. The number of amides is 2. The van der Waals surface area contributed by atoms with Gasteiger partial charge in [0.25, 0.3) is 0 Å². The van der Waals surface area contributed by atoms with Gasteiger partial charge in [0.05, 0.1) is 28.5 Å². The Morgan fingerprint density at radius 1 is 0.974 bits per heavy atom. The fraction of sp³-hybridized carbons (Fsp3) is 0.613. The molecule has 0 aromatic heterocycles. The van der Waals surface area contributed by atoms with Gasteiger partial charge in [-0.2, -0.15) is 0 Å². The Hall–Kier alpha value is -2.96. The van der Waals surface area contributed by atoms with Crippen molar-refractivity contribution in [1.82, 2.24) is 0 Å². The third-order valence-electron chi connectivity index (χ3n) is 11.5. The number of nitrogens with zero attached hydrogens (tertiary/aromatic N) is 1.